The maximum Gasteiger partial charge on any atom is 0.257 e. The van der Waals surface area contributed by atoms with Crippen LogP contribution >= 0.6 is 0 Å². The number of aromatic nitrogens is 1. The molecule has 3 heteroatoms. The molecule has 4 rings (SSSR count). The Kier molecular flexibility index (Phi) is 5.16. The van der Waals surface area contributed by atoms with Gasteiger partial charge in [-0.1, -0.05) is 74.0 Å². The van der Waals surface area contributed by atoms with E-state index in [0.717, 1.165) is 34.9 Å². The summed E-state index contributed by atoms with van der Waals surface area (Å²) in [7, 11) is 0. The van der Waals surface area contributed by atoms with Gasteiger partial charge in [-0.05, 0) is 47.4 Å². The zero-order chi connectivity index (χ0) is 19.3. The molecule has 0 saturated heterocycles. The van der Waals surface area contributed by atoms with Gasteiger partial charge in [-0.25, -0.2) is 4.98 Å². The third kappa shape index (κ3) is 3.79. The highest BCUT2D eigenvalue weighted by molar-refractivity contribution is 6.08. The summed E-state index contributed by atoms with van der Waals surface area (Å²) in [6.45, 7) is 2.17. The normalized spacial score (nSPS) is 10.8. The fraction of sp³-hybridized carbons (Fsp3) is 0.120. The summed E-state index contributed by atoms with van der Waals surface area (Å²) in [6, 6.07) is 27.8. The predicted octanol–water partition coefficient (Wildman–Crippen LogP) is 6.11. The molecule has 4 aromatic rings. The second kappa shape index (κ2) is 8.05. The highest BCUT2D eigenvalue weighted by Gasteiger charge is 2.13. The van der Waals surface area contributed by atoms with Crippen LogP contribution in [0.4, 0.5) is 5.82 Å². The number of fused-ring (bicyclic) bond motifs is 1. The molecule has 1 amide bonds. The third-order valence-corrected chi connectivity index (χ3v) is 4.82. The number of carbonyl (C=O) groups is 1. The molecular formula is C25H22N2O. The van der Waals surface area contributed by atoms with Crippen molar-refractivity contribution in [1.82, 2.24) is 4.98 Å². The van der Waals surface area contributed by atoms with Crippen LogP contribution in [-0.2, 0) is 6.42 Å². The fourth-order valence-corrected chi connectivity index (χ4v) is 3.39. The SMILES string of the molecule is CCCc1ccc(-c2ccccc2C(=O)Nc2ccc3ccccc3n2)cc1. The highest BCUT2D eigenvalue weighted by atomic mass is 16.1. The van der Waals surface area contributed by atoms with E-state index >= 15 is 0 Å². The second-order valence-corrected chi connectivity index (χ2v) is 6.84. The Bertz CT molecular complexity index is 1120. The molecule has 1 N–H and O–H groups in total. The van der Waals surface area contributed by atoms with E-state index in [0.29, 0.717) is 11.4 Å². The van der Waals surface area contributed by atoms with E-state index in [1.807, 2.05) is 60.7 Å². The van der Waals surface area contributed by atoms with Crippen molar-refractivity contribution in [2.24, 2.45) is 0 Å². The number of para-hydroxylation sites is 1. The first-order chi connectivity index (χ1) is 13.7. The summed E-state index contributed by atoms with van der Waals surface area (Å²) in [5.74, 6) is 0.396. The van der Waals surface area contributed by atoms with Gasteiger partial charge in [-0.15, -0.1) is 0 Å². The average Bonchev–Trinajstić information content (AvgIpc) is 2.74. The van der Waals surface area contributed by atoms with E-state index in [2.05, 4.69) is 41.5 Å². The Morgan fingerprint density at radius 1 is 0.857 bits per heavy atom. The number of carbonyl (C=O) groups excluding carboxylic acids is 1. The monoisotopic (exact) mass is 366 g/mol. The van der Waals surface area contributed by atoms with Crippen molar-refractivity contribution < 1.29 is 4.79 Å². The number of rotatable bonds is 5. The molecule has 0 aliphatic rings. The van der Waals surface area contributed by atoms with Gasteiger partial charge in [0.2, 0.25) is 0 Å². The van der Waals surface area contributed by atoms with Gasteiger partial charge in [0.05, 0.1) is 5.52 Å². The molecule has 1 heterocycles. The zero-order valence-corrected chi connectivity index (χ0v) is 15.9. The lowest BCUT2D eigenvalue weighted by Gasteiger charge is -2.11. The Hall–Kier alpha value is -3.46. The summed E-state index contributed by atoms with van der Waals surface area (Å²) < 4.78 is 0. The smallest absolute Gasteiger partial charge is 0.257 e. The molecule has 0 spiro atoms. The molecule has 0 unspecified atom stereocenters. The van der Waals surface area contributed by atoms with Gasteiger partial charge in [-0.2, -0.15) is 0 Å². The maximum absolute atomic E-state index is 13.0. The van der Waals surface area contributed by atoms with Crippen LogP contribution in [0.15, 0.2) is 84.9 Å². The van der Waals surface area contributed by atoms with Gasteiger partial charge in [-0.3, -0.25) is 4.79 Å². The van der Waals surface area contributed by atoms with Gasteiger partial charge in [0.1, 0.15) is 5.82 Å². The number of amides is 1. The molecule has 0 radical (unpaired) electrons. The molecule has 0 fully saturated rings. The summed E-state index contributed by atoms with van der Waals surface area (Å²) in [5, 5.41) is 3.99. The average molecular weight is 366 g/mol. The van der Waals surface area contributed by atoms with E-state index in [1.165, 1.54) is 5.56 Å². The second-order valence-electron chi connectivity index (χ2n) is 6.84. The third-order valence-electron chi connectivity index (χ3n) is 4.82. The van der Waals surface area contributed by atoms with Crippen molar-refractivity contribution in [3.05, 3.63) is 96.1 Å². The fourth-order valence-electron chi connectivity index (χ4n) is 3.39. The number of nitrogens with one attached hydrogen (secondary N) is 1. The van der Waals surface area contributed by atoms with E-state index in [-0.39, 0.29) is 5.91 Å². The van der Waals surface area contributed by atoms with Gasteiger partial charge < -0.3 is 5.32 Å². The first-order valence-corrected chi connectivity index (χ1v) is 9.60. The van der Waals surface area contributed by atoms with Crippen molar-refractivity contribution in [1.29, 1.82) is 0 Å². The first kappa shape index (κ1) is 17.9. The minimum absolute atomic E-state index is 0.156. The van der Waals surface area contributed by atoms with Crippen LogP contribution in [0.1, 0.15) is 29.3 Å². The molecule has 0 aliphatic heterocycles. The lowest BCUT2D eigenvalue weighted by atomic mass is 9.97. The summed E-state index contributed by atoms with van der Waals surface area (Å²) in [4.78, 5) is 17.5. The van der Waals surface area contributed by atoms with Crippen molar-refractivity contribution >= 4 is 22.6 Å². The maximum atomic E-state index is 13.0. The summed E-state index contributed by atoms with van der Waals surface area (Å²) in [6.07, 6.45) is 2.19. The molecular weight excluding hydrogens is 344 g/mol. The summed E-state index contributed by atoms with van der Waals surface area (Å²) in [5.41, 5.74) is 4.77. The molecule has 3 aromatic carbocycles. The Morgan fingerprint density at radius 3 is 2.43 bits per heavy atom. The number of nitrogens with zero attached hydrogens (tertiary/aromatic N) is 1. The largest absolute Gasteiger partial charge is 0.307 e. The van der Waals surface area contributed by atoms with Crippen LogP contribution in [0, 0.1) is 0 Å². The van der Waals surface area contributed by atoms with Gasteiger partial charge >= 0.3 is 0 Å². The highest BCUT2D eigenvalue weighted by Crippen LogP contribution is 2.25. The molecule has 0 saturated carbocycles. The van der Waals surface area contributed by atoms with E-state index < -0.39 is 0 Å². The first-order valence-electron chi connectivity index (χ1n) is 9.60. The Morgan fingerprint density at radius 2 is 1.61 bits per heavy atom. The van der Waals surface area contributed by atoms with Gasteiger partial charge in [0.25, 0.3) is 5.91 Å². The molecule has 0 aliphatic carbocycles. The lowest BCUT2D eigenvalue weighted by molar-refractivity contribution is 0.102. The van der Waals surface area contributed by atoms with Crippen molar-refractivity contribution in [2.45, 2.75) is 19.8 Å². The van der Waals surface area contributed by atoms with Crippen molar-refractivity contribution in [3.63, 3.8) is 0 Å². The number of aryl methyl sites for hydroxylation is 1. The van der Waals surface area contributed by atoms with Gasteiger partial charge in [0.15, 0.2) is 0 Å². The lowest BCUT2D eigenvalue weighted by Crippen LogP contribution is -2.14. The van der Waals surface area contributed by atoms with Crippen molar-refractivity contribution in [2.75, 3.05) is 5.32 Å². The number of benzene rings is 3. The van der Waals surface area contributed by atoms with Crippen LogP contribution in [0.25, 0.3) is 22.0 Å². The van der Waals surface area contributed by atoms with E-state index in [1.54, 1.807) is 0 Å². The molecule has 0 atom stereocenters. The minimum atomic E-state index is -0.156. The number of anilines is 1. The molecule has 3 nitrogen and oxygen atoms in total. The summed E-state index contributed by atoms with van der Waals surface area (Å²) >= 11 is 0. The topological polar surface area (TPSA) is 42.0 Å². The van der Waals surface area contributed by atoms with Gasteiger partial charge in [0, 0.05) is 10.9 Å². The quantitative estimate of drug-likeness (QED) is 0.463. The molecule has 1 aromatic heterocycles. The number of hydrogen-bond donors (Lipinski definition) is 1. The molecule has 0 bridgehead atoms. The van der Waals surface area contributed by atoms with E-state index in [9.17, 15) is 4.79 Å². The predicted molar refractivity (Wildman–Crippen MR) is 116 cm³/mol. The molecule has 138 valence electrons. The Labute approximate surface area is 165 Å². The van der Waals surface area contributed by atoms with Crippen LogP contribution in [-0.4, -0.2) is 10.9 Å². The van der Waals surface area contributed by atoms with Crippen LogP contribution < -0.4 is 5.32 Å². The van der Waals surface area contributed by atoms with Crippen molar-refractivity contribution in [3.8, 4) is 11.1 Å². The zero-order valence-electron chi connectivity index (χ0n) is 15.9. The standard InChI is InChI=1S/C25H22N2O/c1-2-7-18-12-14-19(15-13-18)21-9-4-5-10-22(21)25(28)27-24-17-16-20-8-3-6-11-23(20)26-24/h3-6,8-17H,2,7H2,1H3,(H,26,27,28). The van der Waals surface area contributed by atoms with E-state index in [4.69, 9.17) is 0 Å². The van der Waals surface area contributed by atoms with Crippen LogP contribution in [0.2, 0.25) is 0 Å². The Balaban J connectivity index is 1.62. The van der Waals surface area contributed by atoms with Crippen LogP contribution in [0.3, 0.4) is 0 Å². The minimum Gasteiger partial charge on any atom is -0.307 e. The number of pyridine rings is 1. The van der Waals surface area contributed by atoms with Crippen LogP contribution in [0.5, 0.6) is 0 Å². The molecule has 28 heavy (non-hydrogen) atoms. The number of hydrogen-bond acceptors (Lipinski definition) is 2.